The van der Waals surface area contributed by atoms with E-state index >= 15 is 0 Å². The Morgan fingerprint density at radius 3 is 2.55 bits per heavy atom. The molecular weight excluding hydrogens is 252 g/mol. The summed E-state index contributed by atoms with van der Waals surface area (Å²) in [5, 5.41) is 10.9. The molecule has 4 N–H and O–H groups in total. The summed E-state index contributed by atoms with van der Waals surface area (Å²) in [6.45, 7) is 6.27. The van der Waals surface area contributed by atoms with Crippen LogP contribution in [-0.4, -0.2) is 21.6 Å². The smallest absolute Gasteiger partial charge is 0.272 e. The van der Waals surface area contributed by atoms with Crippen LogP contribution in [0.3, 0.4) is 0 Å². The number of hydrogen-bond donors (Lipinski definition) is 3. The van der Waals surface area contributed by atoms with Gasteiger partial charge >= 0.3 is 0 Å². The van der Waals surface area contributed by atoms with Gasteiger partial charge in [0.1, 0.15) is 0 Å². The molecule has 2 aromatic rings. The van der Waals surface area contributed by atoms with E-state index in [9.17, 15) is 4.79 Å². The molecule has 1 aromatic carbocycles. The summed E-state index contributed by atoms with van der Waals surface area (Å²) in [6.07, 6.45) is 2.70. The molecule has 5 nitrogen and oxygen atoms in total. The molecule has 5 heteroatoms. The zero-order valence-electron chi connectivity index (χ0n) is 12.3. The van der Waals surface area contributed by atoms with Crippen LogP contribution in [0.15, 0.2) is 18.2 Å². The van der Waals surface area contributed by atoms with Crippen LogP contribution in [0.4, 0.5) is 5.69 Å². The SMILES string of the molecule is CCC(CC)(CC)NC(=O)c1n[nH]c2ccc(N)cc12. The third kappa shape index (κ3) is 2.48. The van der Waals surface area contributed by atoms with E-state index in [4.69, 9.17) is 5.73 Å². The summed E-state index contributed by atoms with van der Waals surface area (Å²) >= 11 is 0. The Labute approximate surface area is 118 Å². The lowest BCUT2D eigenvalue weighted by molar-refractivity contribution is 0.0884. The Bertz CT molecular complexity index is 605. The Hall–Kier alpha value is -2.04. The molecule has 0 bridgehead atoms. The minimum atomic E-state index is -0.164. The number of anilines is 1. The van der Waals surface area contributed by atoms with Crippen LogP contribution in [-0.2, 0) is 0 Å². The van der Waals surface area contributed by atoms with Crippen LogP contribution >= 0.6 is 0 Å². The molecule has 0 spiro atoms. The lowest BCUT2D eigenvalue weighted by atomic mass is 9.89. The maximum absolute atomic E-state index is 12.5. The fourth-order valence-electron chi connectivity index (χ4n) is 2.52. The van der Waals surface area contributed by atoms with Gasteiger partial charge in [-0.05, 0) is 37.5 Å². The van der Waals surface area contributed by atoms with Crippen molar-refractivity contribution in [2.45, 2.75) is 45.6 Å². The van der Waals surface area contributed by atoms with E-state index in [-0.39, 0.29) is 11.4 Å². The Kier molecular flexibility index (Phi) is 3.97. The zero-order valence-corrected chi connectivity index (χ0v) is 12.3. The highest BCUT2D eigenvalue weighted by Gasteiger charge is 2.27. The number of fused-ring (bicyclic) bond motifs is 1. The second-order valence-corrected chi connectivity index (χ2v) is 5.17. The largest absolute Gasteiger partial charge is 0.399 e. The molecule has 0 saturated carbocycles. The van der Waals surface area contributed by atoms with E-state index in [0.29, 0.717) is 11.4 Å². The third-order valence-corrected chi connectivity index (χ3v) is 4.21. The predicted molar refractivity (Wildman–Crippen MR) is 81.6 cm³/mol. The number of H-pyrrole nitrogens is 1. The number of nitrogens with two attached hydrogens (primary N) is 1. The van der Waals surface area contributed by atoms with Crippen molar-refractivity contribution < 1.29 is 4.79 Å². The van der Waals surface area contributed by atoms with Crippen molar-refractivity contribution in [1.82, 2.24) is 15.5 Å². The molecule has 0 fully saturated rings. The van der Waals surface area contributed by atoms with E-state index in [2.05, 4.69) is 36.3 Å². The van der Waals surface area contributed by atoms with E-state index in [1.54, 1.807) is 12.1 Å². The minimum Gasteiger partial charge on any atom is -0.399 e. The highest BCUT2D eigenvalue weighted by atomic mass is 16.2. The van der Waals surface area contributed by atoms with Crippen molar-refractivity contribution in [2.24, 2.45) is 0 Å². The number of benzene rings is 1. The molecular formula is C15H22N4O. The van der Waals surface area contributed by atoms with Gasteiger partial charge in [0.25, 0.3) is 5.91 Å². The van der Waals surface area contributed by atoms with Gasteiger partial charge in [-0.15, -0.1) is 0 Å². The number of nitrogen functional groups attached to an aromatic ring is 1. The fraction of sp³-hybridized carbons (Fsp3) is 0.467. The normalized spacial score (nSPS) is 11.8. The van der Waals surface area contributed by atoms with Crippen LogP contribution in [0, 0.1) is 0 Å². The van der Waals surface area contributed by atoms with Gasteiger partial charge in [-0.2, -0.15) is 5.10 Å². The molecule has 0 aliphatic rings. The average molecular weight is 274 g/mol. The van der Waals surface area contributed by atoms with Gasteiger partial charge in [-0.25, -0.2) is 0 Å². The number of rotatable bonds is 5. The third-order valence-electron chi connectivity index (χ3n) is 4.21. The second-order valence-electron chi connectivity index (χ2n) is 5.17. The molecule has 1 heterocycles. The molecule has 0 radical (unpaired) electrons. The lowest BCUT2D eigenvalue weighted by Crippen LogP contribution is -2.47. The second kappa shape index (κ2) is 5.53. The Morgan fingerprint density at radius 2 is 1.95 bits per heavy atom. The highest BCUT2D eigenvalue weighted by Crippen LogP contribution is 2.23. The van der Waals surface area contributed by atoms with E-state index in [1.807, 2.05) is 6.07 Å². The van der Waals surface area contributed by atoms with Gasteiger partial charge in [0.2, 0.25) is 0 Å². The minimum absolute atomic E-state index is 0.146. The number of nitrogens with one attached hydrogen (secondary N) is 2. The van der Waals surface area contributed by atoms with Crippen LogP contribution in [0.2, 0.25) is 0 Å². The molecule has 0 atom stereocenters. The van der Waals surface area contributed by atoms with Crippen molar-refractivity contribution >= 4 is 22.5 Å². The molecule has 0 aliphatic heterocycles. The number of aromatic amines is 1. The molecule has 108 valence electrons. The van der Waals surface area contributed by atoms with Crippen LogP contribution in [0.1, 0.15) is 50.5 Å². The first-order valence-corrected chi connectivity index (χ1v) is 7.11. The number of carbonyl (C=O) groups is 1. The summed E-state index contributed by atoms with van der Waals surface area (Å²) in [5.74, 6) is -0.146. The number of carbonyl (C=O) groups excluding carboxylic acids is 1. The first-order valence-electron chi connectivity index (χ1n) is 7.11. The average Bonchev–Trinajstić information content (AvgIpc) is 2.88. The first-order chi connectivity index (χ1) is 9.55. The summed E-state index contributed by atoms with van der Waals surface area (Å²) in [4.78, 5) is 12.5. The van der Waals surface area contributed by atoms with Gasteiger partial charge in [0.05, 0.1) is 5.52 Å². The van der Waals surface area contributed by atoms with Crippen LogP contribution in [0.25, 0.3) is 10.9 Å². The molecule has 1 amide bonds. The van der Waals surface area contributed by atoms with Crippen molar-refractivity contribution in [2.75, 3.05) is 5.73 Å². The van der Waals surface area contributed by atoms with E-state index in [1.165, 1.54) is 0 Å². The topological polar surface area (TPSA) is 83.8 Å². The number of hydrogen-bond acceptors (Lipinski definition) is 3. The standard InChI is InChI=1S/C15H22N4O/c1-4-15(5-2,6-3)17-14(20)13-11-9-10(16)7-8-12(11)18-19-13/h7-9H,4-6,16H2,1-3H3,(H,17,20)(H,18,19). The van der Waals surface area contributed by atoms with Crippen molar-refractivity contribution in [3.05, 3.63) is 23.9 Å². The van der Waals surface area contributed by atoms with Crippen LogP contribution < -0.4 is 11.1 Å². The van der Waals surface area contributed by atoms with Crippen molar-refractivity contribution in [3.63, 3.8) is 0 Å². The van der Waals surface area contributed by atoms with Gasteiger partial charge < -0.3 is 11.1 Å². The number of aromatic nitrogens is 2. The fourth-order valence-corrected chi connectivity index (χ4v) is 2.52. The lowest BCUT2D eigenvalue weighted by Gasteiger charge is -2.31. The van der Waals surface area contributed by atoms with Gasteiger partial charge in [-0.3, -0.25) is 9.89 Å². The molecule has 20 heavy (non-hydrogen) atoms. The first kappa shape index (κ1) is 14.4. The number of nitrogens with zero attached hydrogens (tertiary/aromatic N) is 1. The summed E-state index contributed by atoms with van der Waals surface area (Å²) < 4.78 is 0. The highest BCUT2D eigenvalue weighted by molar-refractivity contribution is 6.05. The monoisotopic (exact) mass is 274 g/mol. The number of amides is 1. The maximum atomic E-state index is 12.5. The zero-order chi connectivity index (χ0) is 14.8. The predicted octanol–water partition coefficient (Wildman–Crippen LogP) is 2.84. The Morgan fingerprint density at radius 1 is 1.30 bits per heavy atom. The van der Waals surface area contributed by atoms with Gasteiger partial charge in [0.15, 0.2) is 5.69 Å². The molecule has 2 rings (SSSR count). The van der Waals surface area contributed by atoms with E-state index in [0.717, 1.165) is 30.2 Å². The quantitative estimate of drug-likeness (QED) is 0.733. The van der Waals surface area contributed by atoms with Crippen molar-refractivity contribution in [1.29, 1.82) is 0 Å². The van der Waals surface area contributed by atoms with E-state index < -0.39 is 0 Å². The summed E-state index contributed by atoms with van der Waals surface area (Å²) in [6, 6.07) is 5.40. The Balaban J connectivity index is 2.34. The molecule has 1 aromatic heterocycles. The van der Waals surface area contributed by atoms with Gasteiger partial charge in [0, 0.05) is 16.6 Å². The van der Waals surface area contributed by atoms with Crippen LogP contribution in [0.5, 0.6) is 0 Å². The molecule has 0 aliphatic carbocycles. The molecule has 0 unspecified atom stereocenters. The molecule has 0 saturated heterocycles. The summed E-state index contributed by atoms with van der Waals surface area (Å²) in [7, 11) is 0. The van der Waals surface area contributed by atoms with Gasteiger partial charge in [-0.1, -0.05) is 20.8 Å². The maximum Gasteiger partial charge on any atom is 0.272 e. The van der Waals surface area contributed by atoms with Crippen molar-refractivity contribution in [3.8, 4) is 0 Å². The summed E-state index contributed by atoms with van der Waals surface area (Å²) in [5.41, 5.74) is 7.47.